The summed E-state index contributed by atoms with van der Waals surface area (Å²) in [4.78, 5) is 0. The van der Waals surface area contributed by atoms with Crippen LogP contribution < -0.4 is 11.3 Å². The van der Waals surface area contributed by atoms with Gasteiger partial charge in [-0.05, 0) is 17.5 Å². The summed E-state index contributed by atoms with van der Waals surface area (Å²) in [6.07, 6.45) is 2.80. The van der Waals surface area contributed by atoms with Gasteiger partial charge in [0.25, 0.3) is 0 Å². The second kappa shape index (κ2) is 4.70. The fraction of sp³-hybridized carbons (Fsp3) is 0.200. The maximum absolute atomic E-state index is 5.25. The Morgan fingerprint density at radius 1 is 1.33 bits per heavy atom. The third-order valence-corrected chi connectivity index (χ3v) is 1.78. The maximum Gasteiger partial charge on any atom is 0.0351 e. The average Bonchev–Trinajstić information content (AvgIpc) is 2.09. The molecule has 2 heteroatoms. The van der Waals surface area contributed by atoms with Crippen LogP contribution >= 0.6 is 0 Å². The summed E-state index contributed by atoms with van der Waals surface area (Å²) in [5.41, 5.74) is 5.17. The first-order chi connectivity index (χ1) is 5.88. The van der Waals surface area contributed by atoms with Crippen molar-refractivity contribution in [3.63, 3.8) is 0 Å². The highest BCUT2D eigenvalue weighted by atomic mass is 15.2. The van der Waals surface area contributed by atoms with Gasteiger partial charge in [-0.15, -0.1) is 6.58 Å². The van der Waals surface area contributed by atoms with Crippen LogP contribution in [-0.2, 0) is 13.0 Å². The highest BCUT2D eigenvalue weighted by molar-refractivity contribution is 5.28. The van der Waals surface area contributed by atoms with Crippen molar-refractivity contribution < 1.29 is 0 Å². The van der Waals surface area contributed by atoms with E-state index in [9.17, 15) is 0 Å². The molecule has 0 spiro atoms. The molecular weight excluding hydrogens is 148 g/mol. The van der Waals surface area contributed by atoms with Crippen molar-refractivity contribution in [1.29, 1.82) is 0 Å². The SMILES string of the molecule is C=CCc1ccccc1CNN. The molecule has 0 radical (unpaired) electrons. The topological polar surface area (TPSA) is 38.0 Å². The number of allylic oxidation sites excluding steroid dienone is 1. The standard InChI is InChI=1S/C10H14N2/c1-2-5-9-6-3-4-7-10(9)8-12-11/h2-4,6-7,12H,1,5,8,11H2. The summed E-state index contributed by atoms with van der Waals surface area (Å²) < 4.78 is 0. The zero-order valence-electron chi connectivity index (χ0n) is 7.09. The van der Waals surface area contributed by atoms with Crippen LogP contribution in [0.15, 0.2) is 36.9 Å². The van der Waals surface area contributed by atoms with Gasteiger partial charge in [-0.25, -0.2) is 0 Å². The number of hydrazine groups is 1. The van der Waals surface area contributed by atoms with Crippen molar-refractivity contribution in [3.8, 4) is 0 Å². The van der Waals surface area contributed by atoms with Crippen LogP contribution in [0, 0.1) is 0 Å². The van der Waals surface area contributed by atoms with Crippen molar-refractivity contribution in [2.24, 2.45) is 5.84 Å². The van der Waals surface area contributed by atoms with Crippen molar-refractivity contribution in [2.45, 2.75) is 13.0 Å². The summed E-state index contributed by atoms with van der Waals surface area (Å²) >= 11 is 0. The first-order valence-corrected chi connectivity index (χ1v) is 3.99. The van der Waals surface area contributed by atoms with Crippen LogP contribution in [-0.4, -0.2) is 0 Å². The minimum atomic E-state index is 0.712. The molecule has 0 aromatic heterocycles. The average molecular weight is 162 g/mol. The van der Waals surface area contributed by atoms with Gasteiger partial charge in [0.15, 0.2) is 0 Å². The van der Waals surface area contributed by atoms with E-state index in [0.29, 0.717) is 6.54 Å². The van der Waals surface area contributed by atoms with E-state index in [1.54, 1.807) is 0 Å². The number of rotatable bonds is 4. The lowest BCUT2D eigenvalue weighted by Crippen LogP contribution is -2.21. The molecule has 0 bridgehead atoms. The van der Waals surface area contributed by atoms with Gasteiger partial charge in [0.05, 0.1) is 0 Å². The predicted octanol–water partition coefficient (Wildman–Crippen LogP) is 1.38. The van der Waals surface area contributed by atoms with Crippen LogP contribution in [0.2, 0.25) is 0 Å². The molecule has 12 heavy (non-hydrogen) atoms. The van der Waals surface area contributed by atoms with E-state index in [0.717, 1.165) is 6.42 Å². The zero-order valence-corrected chi connectivity index (χ0v) is 7.09. The maximum atomic E-state index is 5.25. The summed E-state index contributed by atoms with van der Waals surface area (Å²) in [7, 11) is 0. The van der Waals surface area contributed by atoms with Gasteiger partial charge in [0, 0.05) is 6.54 Å². The molecule has 0 saturated carbocycles. The van der Waals surface area contributed by atoms with Crippen molar-refractivity contribution in [1.82, 2.24) is 5.43 Å². The predicted molar refractivity (Wildman–Crippen MR) is 51.4 cm³/mol. The molecule has 0 saturated heterocycles. The first kappa shape index (κ1) is 8.97. The molecule has 0 aliphatic carbocycles. The molecule has 0 aliphatic heterocycles. The second-order valence-electron chi connectivity index (χ2n) is 2.64. The number of benzene rings is 1. The number of hydrogen-bond donors (Lipinski definition) is 2. The van der Waals surface area contributed by atoms with Gasteiger partial charge >= 0.3 is 0 Å². The molecular formula is C10H14N2. The van der Waals surface area contributed by atoms with Crippen LogP contribution in [0.1, 0.15) is 11.1 Å². The third-order valence-electron chi connectivity index (χ3n) is 1.78. The summed E-state index contributed by atoms with van der Waals surface area (Å²) in [6, 6.07) is 8.20. The molecule has 64 valence electrons. The van der Waals surface area contributed by atoms with Gasteiger partial charge in [0.1, 0.15) is 0 Å². The lowest BCUT2D eigenvalue weighted by atomic mass is 10.1. The van der Waals surface area contributed by atoms with Gasteiger partial charge in [-0.3, -0.25) is 11.3 Å². The Balaban J connectivity index is 2.83. The lowest BCUT2D eigenvalue weighted by molar-refractivity contribution is 0.736. The molecule has 2 nitrogen and oxygen atoms in total. The zero-order chi connectivity index (χ0) is 8.81. The normalized spacial score (nSPS) is 9.75. The quantitative estimate of drug-likeness (QED) is 0.399. The Bertz CT molecular complexity index is 256. The van der Waals surface area contributed by atoms with E-state index in [4.69, 9.17) is 5.84 Å². The highest BCUT2D eigenvalue weighted by Crippen LogP contribution is 2.08. The smallest absolute Gasteiger partial charge is 0.0351 e. The summed E-state index contributed by atoms with van der Waals surface area (Å²) in [5, 5.41) is 0. The third kappa shape index (κ3) is 2.19. The van der Waals surface area contributed by atoms with Crippen LogP contribution in [0.3, 0.4) is 0 Å². The van der Waals surface area contributed by atoms with E-state index in [1.165, 1.54) is 11.1 Å². The largest absolute Gasteiger partial charge is 0.271 e. The number of nitrogens with one attached hydrogen (secondary N) is 1. The molecule has 3 N–H and O–H groups in total. The van der Waals surface area contributed by atoms with Gasteiger partial charge in [-0.2, -0.15) is 0 Å². The fourth-order valence-corrected chi connectivity index (χ4v) is 1.19. The summed E-state index contributed by atoms with van der Waals surface area (Å²) in [5.74, 6) is 5.25. The lowest BCUT2D eigenvalue weighted by Gasteiger charge is -2.05. The molecule has 1 rings (SSSR count). The van der Waals surface area contributed by atoms with Crippen LogP contribution in [0.5, 0.6) is 0 Å². The molecule has 1 aromatic rings. The monoisotopic (exact) mass is 162 g/mol. The Kier molecular flexibility index (Phi) is 3.51. The minimum Gasteiger partial charge on any atom is -0.271 e. The Morgan fingerprint density at radius 2 is 2.00 bits per heavy atom. The Labute approximate surface area is 73.1 Å². The molecule has 1 aromatic carbocycles. The van der Waals surface area contributed by atoms with Crippen LogP contribution in [0.25, 0.3) is 0 Å². The van der Waals surface area contributed by atoms with Gasteiger partial charge in [0.2, 0.25) is 0 Å². The van der Waals surface area contributed by atoms with Crippen molar-refractivity contribution in [3.05, 3.63) is 48.0 Å². The fourth-order valence-electron chi connectivity index (χ4n) is 1.19. The van der Waals surface area contributed by atoms with Gasteiger partial charge in [-0.1, -0.05) is 30.3 Å². The first-order valence-electron chi connectivity index (χ1n) is 3.99. The van der Waals surface area contributed by atoms with Crippen LogP contribution in [0.4, 0.5) is 0 Å². The van der Waals surface area contributed by atoms with E-state index in [1.807, 2.05) is 18.2 Å². The van der Waals surface area contributed by atoms with E-state index in [2.05, 4.69) is 24.1 Å². The molecule has 0 fully saturated rings. The highest BCUT2D eigenvalue weighted by Gasteiger charge is 1.97. The van der Waals surface area contributed by atoms with Crippen molar-refractivity contribution in [2.75, 3.05) is 0 Å². The second-order valence-corrected chi connectivity index (χ2v) is 2.64. The molecule has 0 unspecified atom stereocenters. The van der Waals surface area contributed by atoms with Crippen molar-refractivity contribution >= 4 is 0 Å². The molecule has 0 amide bonds. The van der Waals surface area contributed by atoms with E-state index < -0.39 is 0 Å². The molecule has 0 aliphatic rings. The summed E-state index contributed by atoms with van der Waals surface area (Å²) in [6.45, 7) is 4.42. The number of nitrogens with two attached hydrogens (primary N) is 1. The minimum absolute atomic E-state index is 0.712. The van der Waals surface area contributed by atoms with Gasteiger partial charge < -0.3 is 0 Å². The Morgan fingerprint density at radius 3 is 2.58 bits per heavy atom. The van der Waals surface area contributed by atoms with E-state index in [-0.39, 0.29) is 0 Å². The number of hydrogen-bond acceptors (Lipinski definition) is 2. The van der Waals surface area contributed by atoms with E-state index >= 15 is 0 Å². The molecule has 0 atom stereocenters. The molecule has 0 heterocycles. The Hall–Kier alpha value is -1.12.